The molecule has 20 heavy (non-hydrogen) atoms. The summed E-state index contributed by atoms with van der Waals surface area (Å²) < 4.78 is 45.2. The Morgan fingerprint density at radius 3 is 2.90 bits per heavy atom. The molecule has 1 unspecified atom stereocenters. The van der Waals surface area contributed by atoms with Gasteiger partial charge in [-0.25, -0.2) is 17.5 Å². The number of hydrogen-bond acceptors (Lipinski definition) is 4. The number of aliphatic hydroxyl groups excluding tert-OH is 1. The maximum Gasteiger partial charge on any atom is 0.240 e. The van der Waals surface area contributed by atoms with Crippen LogP contribution in [0, 0.1) is 5.82 Å². The van der Waals surface area contributed by atoms with Crippen LogP contribution in [0.4, 0.5) is 4.39 Å². The average Bonchev–Trinajstić information content (AvgIpc) is 2.92. The van der Waals surface area contributed by atoms with Gasteiger partial charge in [-0.05, 0) is 37.5 Å². The molecular weight excluding hydrogens is 285 g/mol. The summed E-state index contributed by atoms with van der Waals surface area (Å²) in [6, 6.07) is 3.37. The van der Waals surface area contributed by atoms with Gasteiger partial charge in [0.15, 0.2) is 0 Å². The van der Waals surface area contributed by atoms with Gasteiger partial charge in [-0.15, -0.1) is 0 Å². The van der Waals surface area contributed by atoms with E-state index >= 15 is 0 Å². The molecule has 1 aliphatic heterocycles. The molecule has 0 saturated carbocycles. The first-order valence-corrected chi connectivity index (χ1v) is 8.02. The molecule has 112 valence electrons. The predicted molar refractivity (Wildman–Crippen MR) is 71.1 cm³/mol. The maximum atomic E-state index is 13.2. The molecule has 1 aliphatic rings. The van der Waals surface area contributed by atoms with Gasteiger partial charge in [-0.3, -0.25) is 0 Å². The summed E-state index contributed by atoms with van der Waals surface area (Å²) >= 11 is 0. The van der Waals surface area contributed by atoms with E-state index in [4.69, 9.17) is 9.84 Å². The summed E-state index contributed by atoms with van der Waals surface area (Å²) in [7, 11) is -3.68. The van der Waals surface area contributed by atoms with Crippen molar-refractivity contribution >= 4 is 10.0 Å². The fourth-order valence-corrected chi connectivity index (χ4v) is 3.25. The first kappa shape index (κ1) is 15.4. The molecule has 0 spiro atoms. The Balaban J connectivity index is 1.98. The molecule has 1 saturated heterocycles. The van der Waals surface area contributed by atoms with Crippen LogP contribution >= 0.6 is 0 Å². The highest BCUT2D eigenvalue weighted by Gasteiger charge is 2.19. The highest BCUT2D eigenvalue weighted by molar-refractivity contribution is 7.89. The highest BCUT2D eigenvalue weighted by Crippen LogP contribution is 2.17. The van der Waals surface area contributed by atoms with Crippen molar-refractivity contribution in [3.05, 3.63) is 29.6 Å². The zero-order chi connectivity index (χ0) is 14.6. The Morgan fingerprint density at radius 1 is 1.45 bits per heavy atom. The Kier molecular flexibility index (Phi) is 5.09. The van der Waals surface area contributed by atoms with Crippen LogP contribution in [0.1, 0.15) is 24.8 Å². The van der Waals surface area contributed by atoms with E-state index in [0.29, 0.717) is 6.42 Å². The average molecular weight is 303 g/mol. The lowest BCUT2D eigenvalue weighted by atomic mass is 10.2. The number of nitrogens with one attached hydrogen (secondary N) is 1. The van der Waals surface area contributed by atoms with E-state index in [1.807, 2.05) is 0 Å². The zero-order valence-corrected chi connectivity index (χ0v) is 11.8. The summed E-state index contributed by atoms with van der Waals surface area (Å²) in [5.41, 5.74) is -0.0352. The van der Waals surface area contributed by atoms with E-state index < -0.39 is 22.4 Å². The molecule has 0 amide bonds. The SMILES string of the molecule is O=S(=O)(NCCC1CCCO1)c1ccc(F)c(CO)c1. The molecule has 2 N–H and O–H groups in total. The second-order valence-electron chi connectivity index (χ2n) is 4.73. The van der Waals surface area contributed by atoms with E-state index in [2.05, 4.69) is 4.72 Å². The summed E-state index contributed by atoms with van der Waals surface area (Å²) in [4.78, 5) is -0.0460. The quantitative estimate of drug-likeness (QED) is 0.827. The summed E-state index contributed by atoms with van der Waals surface area (Å²) in [6.07, 6.45) is 2.69. The number of aliphatic hydroxyl groups is 1. The number of rotatable bonds is 6. The lowest BCUT2D eigenvalue weighted by Gasteiger charge is -2.11. The zero-order valence-electron chi connectivity index (χ0n) is 11.0. The van der Waals surface area contributed by atoms with Crippen LogP contribution in [-0.4, -0.2) is 32.8 Å². The van der Waals surface area contributed by atoms with Gasteiger partial charge in [-0.1, -0.05) is 0 Å². The van der Waals surface area contributed by atoms with Crippen LogP contribution < -0.4 is 4.72 Å². The van der Waals surface area contributed by atoms with Gasteiger partial charge >= 0.3 is 0 Å². The normalized spacial score (nSPS) is 19.4. The van der Waals surface area contributed by atoms with E-state index in [0.717, 1.165) is 31.6 Å². The molecule has 2 rings (SSSR count). The number of sulfonamides is 1. The van der Waals surface area contributed by atoms with Crippen LogP contribution in [-0.2, 0) is 21.4 Å². The molecule has 1 atom stereocenters. The van der Waals surface area contributed by atoms with Crippen LogP contribution in [0.15, 0.2) is 23.1 Å². The van der Waals surface area contributed by atoms with Crippen LogP contribution in [0.5, 0.6) is 0 Å². The molecule has 1 aromatic carbocycles. The van der Waals surface area contributed by atoms with Crippen molar-refractivity contribution in [2.24, 2.45) is 0 Å². The molecule has 0 bridgehead atoms. The number of halogens is 1. The number of hydrogen-bond donors (Lipinski definition) is 2. The second kappa shape index (κ2) is 6.62. The molecule has 1 heterocycles. The predicted octanol–water partition coefficient (Wildman–Crippen LogP) is 1.17. The molecule has 0 aliphatic carbocycles. The summed E-state index contributed by atoms with van der Waals surface area (Å²) in [5.74, 6) is -0.620. The van der Waals surface area contributed by atoms with Crippen LogP contribution in [0.3, 0.4) is 0 Å². The van der Waals surface area contributed by atoms with Gasteiger partial charge < -0.3 is 9.84 Å². The Hall–Kier alpha value is -1.02. The largest absolute Gasteiger partial charge is 0.392 e. The van der Waals surface area contributed by atoms with Gasteiger partial charge in [0.25, 0.3) is 0 Å². The Bertz CT molecular complexity index is 555. The van der Waals surface area contributed by atoms with Gasteiger partial charge in [-0.2, -0.15) is 0 Å². The van der Waals surface area contributed by atoms with Gasteiger partial charge in [0.2, 0.25) is 10.0 Å². The number of benzene rings is 1. The van der Waals surface area contributed by atoms with Crippen molar-refractivity contribution < 1.29 is 22.7 Å². The minimum absolute atomic E-state index is 0.0352. The fourth-order valence-electron chi connectivity index (χ4n) is 2.15. The van der Waals surface area contributed by atoms with Crippen LogP contribution in [0.25, 0.3) is 0 Å². The smallest absolute Gasteiger partial charge is 0.240 e. The molecule has 1 fully saturated rings. The van der Waals surface area contributed by atoms with E-state index in [1.54, 1.807) is 0 Å². The fraction of sp³-hybridized carbons (Fsp3) is 0.538. The second-order valence-corrected chi connectivity index (χ2v) is 6.50. The van der Waals surface area contributed by atoms with E-state index in [1.165, 1.54) is 6.07 Å². The molecule has 5 nitrogen and oxygen atoms in total. The lowest BCUT2D eigenvalue weighted by molar-refractivity contribution is 0.105. The van der Waals surface area contributed by atoms with E-state index in [-0.39, 0.29) is 23.1 Å². The minimum atomic E-state index is -3.68. The van der Waals surface area contributed by atoms with Crippen molar-refractivity contribution in [2.75, 3.05) is 13.2 Å². The van der Waals surface area contributed by atoms with Crippen molar-refractivity contribution in [1.29, 1.82) is 0 Å². The first-order valence-electron chi connectivity index (χ1n) is 6.53. The molecule has 7 heteroatoms. The topological polar surface area (TPSA) is 75.6 Å². The van der Waals surface area contributed by atoms with Crippen LogP contribution in [0.2, 0.25) is 0 Å². The molecule has 1 aromatic rings. The third kappa shape index (κ3) is 3.76. The monoisotopic (exact) mass is 303 g/mol. The minimum Gasteiger partial charge on any atom is -0.392 e. The molecule has 0 aromatic heterocycles. The maximum absolute atomic E-state index is 13.2. The Labute approximate surface area is 117 Å². The van der Waals surface area contributed by atoms with E-state index in [9.17, 15) is 12.8 Å². The Morgan fingerprint density at radius 2 is 2.25 bits per heavy atom. The van der Waals surface area contributed by atoms with Gasteiger partial charge in [0.1, 0.15) is 5.82 Å². The van der Waals surface area contributed by atoms with Crippen molar-refractivity contribution in [2.45, 2.75) is 36.9 Å². The molecular formula is C13H18FNO4S. The third-order valence-electron chi connectivity index (χ3n) is 3.28. The molecule has 0 radical (unpaired) electrons. The first-order chi connectivity index (χ1) is 9.53. The number of ether oxygens (including phenoxy) is 1. The van der Waals surface area contributed by atoms with Crippen molar-refractivity contribution in [3.8, 4) is 0 Å². The van der Waals surface area contributed by atoms with Gasteiger partial charge in [0.05, 0.1) is 17.6 Å². The lowest BCUT2D eigenvalue weighted by Crippen LogP contribution is -2.27. The van der Waals surface area contributed by atoms with Gasteiger partial charge in [0, 0.05) is 18.7 Å². The standard InChI is InChI=1S/C13H18FNO4S/c14-13-4-3-12(8-10(13)9-16)20(17,18)15-6-5-11-2-1-7-19-11/h3-4,8,11,15-16H,1-2,5-7,9H2. The highest BCUT2D eigenvalue weighted by atomic mass is 32.2. The summed E-state index contributed by atoms with van der Waals surface area (Å²) in [6.45, 7) is 0.471. The van der Waals surface area contributed by atoms with Crippen molar-refractivity contribution in [1.82, 2.24) is 4.72 Å². The van der Waals surface area contributed by atoms with Crippen molar-refractivity contribution in [3.63, 3.8) is 0 Å². The third-order valence-corrected chi connectivity index (χ3v) is 4.74. The summed E-state index contributed by atoms with van der Waals surface area (Å²) in [5, 5.41) is 8.96.